The molecule has 0 unspecified atom stereocenters. The molecular weight excluding hydrogens is 322 g/mol. The van der Waals surface area contributed by atoms with Gasteiger partial charge in [0.25, 0.3) is 5.56 Å². The van der Waals surface area contributed by atoms with Gasteiger partial charge in [-0.3, -0.25) is 14.2 Å². The fourth-order valence-electron chi connectivity index (χ4n) is 3.45. The standard InChI is InChI=1S/C18H19N3O2S/c1-12-8-17(23)21-15(11-24-18(21)19-12)9-16(22)20-7-6-13-4-2-3-5-14(13)10-20/h2-5,8,15H,6-7,9-11H2,1H3/t15-/m0/s1. The zero-order valence-electron chi connectivity index (χ0n) is 13.6. The number of aryl methyl sites for hydroxylation is 1. The second-order valence-corrected chi connectivity index (χ2v) is 7.38. The highest BCUT2D eigenvalue weighted by atomic mass is 32.2. The van der Waals surface area contributed by atoms with E-state index in [2.05, 4.69) is 17.1 Å². The molecule has 0 N–H and O–H groups in total. The smallest absolute Gasteiger partial charge is 0.254 e. The summed E-state index contributed by atoms with van der Waals surface area (Å²) in [6.45, 7) is 3.25. The number of benzene rings is 1. The minimum atomic E-state index is -0.0877. The number of hydrogen-bond acceptors (Lipinski definition) is 4. The summed E-state index contributed by atoms with van der Waals surface area (Å²) in [5.74, 6) is 0.859. The van der Waals surface area contributed by atoms with Crippen molar-refractivity contribution in [1.82, 2.24) is 14.5 Å². The van der Waals surface area contributed by atoms with Crippen LogP contribution in [0, 0.1) is 6.92 Å². The summed E-state index contributed by atoms with van der Waals surface area (Å²) in [5, 5.41) is 0.738. The zero-order chi connectivity index (χ0) is 16.7. The highest BCUT2D eigenvalue weighted by molar-refractivity contribution is 7.99. The number of thioether (sulfide) groups is 1. The van der Waals surface area contributed by atoms with Crippen LogP contribution in [-0.4, -0.2) is 32.7 Å². The van der Waals surface area contributed by atoms with E-state index >= 15 is 0 Å². The first kappa shape index (κ1) is 15.4. The van der Waals surface area contributed by atoms with E-state index in [1.807, 2.05) is 24.0 Å². The Morgan fingerprint density at radius 2 is 2.12 bits per heavy atom. The number of carbonyl (C=O) groups excluding carboxylic acids is 1. The molecule has 0 spiro atoms. The van der Waals surface area contributed by atoms with Crippen molar-refractivity contribution in [2.45, 2.75) is 37.5 Å². The lowest BCUT2D eigenvalue weighted by atomic mass is 9.99. The SMILES string of the molecule is Cc1cc(=O)n2c(n1)SC[C@@H]2CC(=O)N1CCc2ccccc2C1. The lowest BCUT2D eigenvalue weighted by molar-refractivity contribution is -0.132. The van der Waals surface area contributed by atoms with Crippen molar-refractivity contribution < 1.29 is 4.79 Å². The molecule has 1 aromatic carbocycles. The molecule has 0 aliphatic carbocycles. The van der Waals surface area contributed by atoms with E-state index in [4.69, 9.17) is 0 Å². The molecule has 1 aromatic heterocycles. The van der Waals surface area contributed by atoms with Crippen LogP contribution in [0.25, 0.3) is 0 Å². The van der Waals surface area contributed by atoms with Gasteiger partial charge in [0.15, 0.2) is 5.16 Å². The highest BCUT2D eigenvalue weighted by Gasteiger charge is 2.30. The van der Waals surface area contributed by atoms with E-state index in [-0.39, 0.29) is 17.5 Å². The summed E-state index contributed by atoms with van der Waals surface area (Å²) in [7, 11) is 0. The Hall–Kier alpha value is -2.08. The molecule has 0 saturated heterocycles. The Morgan fingerprint density at radius 1 is 1.33 bits per heavy atom. The summed E-state index contributed by atoms with van der Waals surface area (Å²) < 4.78 is 1.69. The van der Waals surface area contributed by atoms with Gasteiger partial charge in [0, 0.05) is 37.0 Å². The van der Waals surface area contributed by atoms with E-state index < -0.39 is 0 Å². The Labute approximate surface area is 144 Å². The normalized spacial score (nSPS) is 19.0. The van der Waals surface area contributed by atoms with E-state index in [9.17, 15) is 9.59 Å². The van der Waals surface area contributed by atoms with Gasteiger partial charge in [0.2, 0.25) is 5.91 Å². The van der Waals surface area contributed by atoms with Gasteiger partial charge in [-0.15, -0.1) is 0 Å². The molecule has 5 nitrogen and oxygen atoms in total. The summed E-state index contributed by atoms with van der Waals surface area (Å²) in [5.41, 5.74) is 3.25. The number of rotatable bonds is 2. The molecule has 4 rings (SSSR count). The van der Waals surface area contributed by atoms with Gasteiger partial charge in [-0.05, 0) is 24.5 Å². The van der Waals surface area contributed by atoms with E-state index in [0.29, 0.717) is 13.0 Å². The van der Waals surface area contributed by atoms with Crippen molar-refractivity contribution in [3.63, 3.8) is 0 Å². The molecule has 2 aliphatic rings. The molecule has 1 atom stereocenters. The Morgan fingerprint density at radius 3 is 2.96 bits per heavy atom. The van der Waals surface area contributed by atoms with Gasteiger partial charge < -0.3 is 4.90 Å². The topological polar surface area (TPSA) is 55.2 Å². The zero-order valence-corrected chi connectivity index (χ0v) is 14.4. The fraction of sp³-hybridized carbons (Fsp3) is 0.389. The quantitative estimate of drug-likeness (QED) is 0.786. The van der Waals surface area contributed by atoms with Crippen LogP contribution in [0.15, 0.2) is 40.3 Å². The van der Waals surface area contributed by atoms with Crippen molar-refractivity contribution >= 4 is 17.7 Å². The molecule has 0 fully saturated rings. The maximum Gasteiger partial charge on any atom is 0.254 e. The maximum atomic E-state index is 12.7. The monoisotopic (exact) mass is 341 g/mol. The van der Waals surface area contributed by atoms with Gasteiger partial charge in [-0.25, -0.2) is 4.98 Å². The van der Waals surface area contributed by atoms with Crippen LogP contribution in [0.4, 0.5) is 0 Å². The first-order valence-corrected chi connectivity index (χ1v) is 9.18. The minimum absolute atomic E-state index is 0.0516. The summed E-state index contributed by atoms with van der Waals surface area (Å²) in [6.07, 6.45) is 1.27. The molecule has 2 aromatic rings. The largest absolute Gasteiger partial charge is 0.338 e. The minimum Gasteiger partial charge on any atom is -0.338 e. The number of carbonyl (C=O) groups is 1. The predicted molar refractivity (Wildman–Crippen MR) is 93.2 cm³/mol. The van der Waals surface area contributed by atoms with Crippen LogP contribution < -0.4 is 5.56 Å². The summed E-state index contributed by atoms with van der Waals surface area (Å²) in [4.78, 5) is 31.3. The van der Waals surface area contributed by atoms with Crippen molar-refractivity contribution in [1.29, 1.82) is 0 Å². The molecule has 2 aliphatic heterocycles. The van der Waals surface area contributed by atoms with Gasteiger partial charge in [0.05, 0.1) is 6.04 Å². The number of nitrogens with zero attached hydrogens (tertiary/aromatic N) is 3. The number of hydrogen-bond donors (Lipinski definition) is 0. The van der Waals surface area contributed by atoms with Gasteiger partial charge in [-0.1, -0.05) is 36.0 Å². The average molecular weight is 341 g/mol. The summed E-state index contributed by atoms with van der Waals surface area (Å²) in [6, 6.07) is 9.75. The molecule has 0 saturated carbocycles. The highest BCUT2D eigenvalue weighted by Crippen LogP contribution is 2.32. The van der Waals surface area contributed by atoms with E-state index in [1.165, 1.54) is 11.1 Å². The van der Waals surface area contributed by atoms with Crippen molar-refractivity contribution in [2.24, 2.45) is 0 Å². The average Bonchev–Trinajstić information content (AvgIpc) is 2.97. The molecule has 24 heavy (non-hydrogen) atoms. The molecule has 6 heteroatoms. The molecular formula is C18H19N3O2S. The second-order valence-electron chi connectivity index (χ2n) is 6.39. The predicted octanol–water partition coefficient (Wildman–Crippen LogP) is 2.17. The van der Waals surface area contributed by atoms with Gasteiger partial charge in [0.1, 0.15) is 0 Å². The third-order valence-corrected chi connectivity index (χ3v) is 5.81. The third-order valence-electron chi connectivity index (χ3n) is 4.71. The van der Waals surface area contributed by atoms with Gasteiger partial charge in [-0.2, -0.15) is 0 Å². The van der Waals surface area contributed by atoms with Gasteiger partial charge >= 0.3 is 0 Å². The Kier molecular flexibility index (Phi) is 3.92. The summed E-state index contributed by atoms with van der Waals surface area (Å²) >= 11 is 1.56. The Bertz CT molecular complexity index is 862. The van der Waals surface area contributed by atoms with Crippen molar-refractivity contribution in [2.75, 3.05) is 12.3 Å². The van der Waals surface area contributed by atoms with Crippen molar-refractivity contribution in [3.8, 4) is 0 Å². The van der Waals surface area contributed by atoms with Crippen LogP contribution in [0.1, 0.15) is 29.3 Å². The lowest BCUT2D eigenvalue weighted by Gasteiger charge is -2.29. The second kappa shape index (κ2) is 6.09. The van der Waals surface area contributed by atoms with Crippen LogP contribution in [0.2, 0.25) is 0 Å². The first-order valence-electron chi connectivity index (χ1n) is 8.19. The van der Waals surface area contributed by atoms with Crippen LogP contribution in [0.5, 0.6) is 0 Å². The Balaban J connectivity index is 1.50. The molecule has 1 amide bonds. The van der Waals surface area contributed by atoms with E-state index in [0.717, 1.165) is 29.6 Å². The van der Waals surface area contributed by atoms with Crippen LogP contribution >= 0.6 is 11.8 Å². The molecule has 124 valence electrons. The third kappa shape index (κ3) is 2.75. The molecule has 3 heterocycles. The molecule has 0 radical (unpaired) electrons. The van der Waals surface area contributed by atoms with Crippen LogP contribution in [0.3, 0.4) is 0 Å². The van der Waals surface area contributed by atoms with Crippen LogP contribution in [-0.2, 0) is 17.8 Å². The number of fused-ring (bicyclic) bond motifs is 2. The fourth-order valence-corrected chi connectivity index (χ4v) is 4.65. The number of amides is 1. The first-order chi connectivity index (χ1) is 11.6. The van der Waals surface area contributed by atoms with E-state index in [1.54, 1.807) is 22.4 Å². The molecule has 0 bridgehead atoms. The number of aromatic nitrogens is 2. The maximum absolute atomic E-state index is 12.7. The lowest BCUT2D eigenvalue weighted by Crippen LogP contribution is -2.38. The van der Waals surface area contributed by atoms with Crippen molar-refractivity contribution in [3.05, 3.63) is 57.5 Å².